The zero-order valence-corrected chi connectivity index (χ0v) is 9.39. The molecule has 76 valence electrons. The van der Waals surface area contributed by atoms with Gasteiger partial charge in [0.05, 0.1) is 6.61 Å². The zero-order valence-electron chi connectivity index (χ0n) is 7.87. The molecule has 1 fully saturated rings. The molecule has 0 amide bonds. The van der Waals surface area contributed by atoms with E-state index in [4.69, 9.17) is 23.2 Å². The second kappa shape index (κ2) is 3.13. The number of aliphatic hydroxyl groups excluding tert-OH is 1. The van der Waals surface area contributed by atoms with E-state index in [-0.39, 0.29) is 12.5 Å². The van der Waals surface area contributed by atoms with Gasteiger partial charge in [0.2, 0.25) is 0 Å². The molecule has 1 aliphatic carbocycles. The molecule has 1 aliphatic rings. The molecule has 0 radical (unpaired) electrons. The number of aliphatic hydroxyl groups is 1. The van der Waals surface area contributed by atoms with Gasteiger partial charge in [-0.2, -0.15) is 0 Å². The van der Waals surface area contributed by atoms with Crippen molar-refractivity contribution in [2.45, 2.75) is 17.2 Å². The molecule has 0 bridgehead atoms. The van der Waals surface area contributed by atoms with Crippen molar-refractivity contribution in [1.29, 1.82) is 0 Å². The Morgan fingerprint density at radius 3 is 2.29 bits per heavy atom. The Kier molecular flexibility index (Phi) is 2.30. The third-order valence-electron chi connectivity index (χ3n) is 3.14. The molecule has 0 aliphatic heterocycles. The number of alkyl halides is 2. The highest BCUT2D eigenvalue weighted by Gasteiger charge is 2.73. The van der Waals surface area contributed by atoms with Gasteiger partial charge in [-0.3, -0.25) is 0 Å². The third-order valence-corrected chi connectivity index (χ3v) is 4.44. The van der Waals surface area contributed by atoms with Crippen LogP contribution in [-0.4, -0.2) is 16.0 Å². The maximum atomic E-state index is 9.26. The Morgan fingerprint density at radius 1 is 1.29 bits per heavy atom. The first-order chi connectivity index (χ1) is 6.54. The molecule has 1 saturated carbocycles. The van der Waals surface area contributed by atoms with Crippen LogP contribution in [0.4, 0.5) is 0 Å². The molecule has 0 heterocycles. The van der Waals surface area contributed by atoms with E-state index in [2.05, 4.69) is 0 Å². The van der Waals surface area contributed by atoms with Crippen LogP contribution >= 0.6 is 23.2 Å². The Morgan fingerprint density at radius 2 is 1.86 bits per heavy atom. The fraction of sp³-hybridized carbons (Fsp3) is 0.455. The highest BCUT2D eigenvalue weighted by atomic mass is 35.5. The van der Waals surface area contributed by atoms with E-state index in [1.165, 1.54) is 0 Å². The van der Waals surface area contributed by atoms with Crippen LogP contribution in [0.3, 0.4) is 0 Å². The molecule has 1 nitrogen and oxygen atoms in total. The van der Waals surface area contributed by atoms with Gasteiger partial charge in [-0.25, -0.2) is 0 Å². The van der Waals surface area contributed by atoms with Crippen molar-refractivity contribution in [1.82, 2.24) is 0 Å². The van der Waals surface area contributed by atoms with E-state index in [9.17, 15) is 5.11 Å². The van der Waals surface area contributed by atoms with Crippen molar-refractivity contribution < 1.29 is 5.11 Å². The van der Waals surface area contributed by atoms with E-state index in [1.807, 2.05) is 37.3 Å². The van der Waals surface area contributed by atoms with E-state index >= 15 is 0 Å². The first-order valence-corrected chi connectivity index (χ1v) is 5.33. The fourth-order valence-corrected chi connectivity index (χ4v) is 2.97. The first kappa shape index (κ1) is 10.3. The number of benzene rings is 1. The molecule has 0 saturated heterocycles. The number of halogens is 2. The lowest BCUT2D eigenvalue weighted by Crippen LogP contribution is -2.09. The zero-order chi connectivity index (χ0) is 10.4. The number of hydrogen-bond acceptors (Lipinski definition) is 1. The fourth-order valence-electron chi connectivity index (χ4n) is 2.00. The summed E-state index contributed by atoms with van der Waals surface area (Å²) in [6.07, 6.45) is 0. The van der Waals surface area contributed by atoms with Crippen molar-refractivity contribution in [3.05, 3.63) is 35.9 Å². The Labute approximate surface area is 93.7 Å². The maximum absolute atomic E-state index is 9.26. The van der Waals surface area contributed by atoms with Gasteiger partial charge in [-0.1, -0.05) is 37.3 Å². The molecule has 2 rings (SSSR count). The predicted molar refractivity (Wildman–Crippen MR) is 58.8 cm³/mol. The predicted octanol–water partition coefficient (Wildman–Crippen LogP) is 2.96. The van der Waals surface area contributed by atoms with E-state index in [0.29, 0.717) is 0 Å². The third kappa shape index (κ3) is 1.19. The minimum atomic E-state index is -0.830. The van der Waals surface area contributed by atoms with Crippen LogP contribution in [0.15, 0.2) is 30.3 Å². The Balaban J connectivity index is 2.32. The number of hydrogen-bond donors (Lipinski definition) is 1. The normalized spacial score (nSPS) is 34.1. The minimum Gasteiger partial charge on any atom is -0.396 e. The Bertz CT molecular complexity index is 336. The molecule has 0 spiro atoms. The van der Waals surface area contributed by atoms with Crippen molar-refractivity contribution in [3.63, 3.8) is 0 Å². The highest BCUT2D eigenvalue weighted by Crippen LogP contribution is 2.73. The summed E-state index contributed by atoms with van der Waals surface area (Å²) in [5, 5.41) is 9.26. The molecule has 0 aromatic heterocycles. The second-order valence-corrected chi connectivity index (χ2v) is 5.43. The lowest BCUT2D eigenvalue weighted by molar-refractivity contribution is 0.218. The molecule has 14 heavy (non-hydrogen) atoms. The van der Waals surface area contributed by atoms with Crippen LogP contribution < -0.4 is 0 Å². The van der Waals surface area contributed by atoms with Gasteiger partial charge in [0, 0.05) is 11.3 Å². The summed E-state index contributed by atoms with van der Waals surface area (Å²) in [5.41, 5.74) is 0.686. The summed E-state index contributed by atoms with van der Waals surface area (Å²) < 4.78 is -0.830. The van der Waals surface area contributed by atoms with Gasteiger partial charge in [-0.15, -0.1) is 23.2 Å². The van der Waals surface area contributed by atoms with Crippen LogP contribution in [0.1, 0.15) is 18.4 Å². The quantitative estimate of drug-likeness (QED) is 0.776. The summed E-state index contributed by atoms with van der Waals surface area (Å²) in [7, 11) is 0. The maximum Gasteiger partial charge on any atom is 0.134 e. The molecule has 1 N–H and O–H groups in total. The van der Waals surface area contributed by atoms with Crippen molar-refractivity contribution in [2.75, 3.05) is 6.61 Å². The van der Waals surface area contributed by atoms with Crippen LogP contribution in [0.25, 0.3) is 0 Å². The van der Waals surface area contributed by atoms with Gasteiger partial charge < -0.3 is 5.11 Å². The van der Waals surface area contributed by atoms with Crippen LogP contribution in [0.5, 0.6) is 0 Å². The van der Waals surface area contributed by atoms with Gasteiger partial charge >= 0.3 is 0 Å². The van der Waals surface area contributed by atoms with E-state index < -0.39 is 9.75 Å². The average Bonchev–Trinajstić information content (AvgIpc) is 2.63. The van der Waals surface area contributed by atoms with Crippen molar-refractivity contribution >= 4 is 23.2 Å². The summed E-state index contributed by atoms with van der Waals surface area (Å²) >= 11 is 12.3. The van der Waals surface area contributed by atoms with Gasteiger partial charge in [0.15, 0.2) is 0 Å². The molecule has 2 atom stereocenters. The molecular weight excluding hydrogens is 219 g/mol. The van der Waals surface area contributed by atoms with E-state index in [1.54, 1.807) is 0 Å². The van der Waals surface area contributed by atoms with E-state index in [0.717, 1.165) is 5.56 Å². The van der Waals surface area contributed by atoms with Crippen molar-refractivity contribution in [2.24, 2.45) is 5.41 Å². The molecule has 1 aromatic rings. The standard InChI is InChI=1S/C11H12Cl2O/c1-10(7-14)9(11(10,12)13)8-5-3-2-4-6-8/h2-6,9,14H,7H2,1H3/t9-,10+/m0/s1. The topological polar surface area (TPSA) is 20.2 Å². The summed E-state index contributed by atoms with van der Waals surface area (Å²) in [5.74, 6) is 0.0320. The highest BCUT2D eigenvalue weighted by molar-refractivity contribution is 6.52. The molecular formula is C11H12Cl2O. The first-order valence-electron chi connectivity index (χ1n) is 4.57. The average molecular weight is 231 g/mol. The van der Waals surface area contributed by atoms with Crippen LogP contribution in [0.2, 0.25) is 0 Å². The molecule has 1 aromatic carbocycles. The largest absolute Gasteiger partial charge is 0.396 e. The van der Waals surface area contributed by atoms with Gasteiger partial charge in [0.1, 0.15) is 4.33 Å². The smallest absolute Gasteiger partial charge is 0.134 e. The SMILES string of the molecule is C[C@@]1(CO)[C@H](c2ccccc2)C1(Cl)Cl. The monoisotopic (exact) mass is 230 g/mol. The van der Waals surface area contributed by atoms with Crippen LogP contribution in [-0.2, 0) is 0 Å². The lowest BCUT2D eigenvalue weighted by atomic mass is 10.0. The van der Waals surface area contributed by atoms with Crippen LogP contribution in [0, 0.1) is 5.41 Å². The number of rotatable bonds is 2. The summed E-state index contributed by atoms with van der Waals surface area (Å²) in [6.45, 7) is 1.92. The van der Waals surface area contributed by atoms with Gasteiger partial charge in [0.25, 0.3) is 0 Å². The lowest BCUT2D eigenvalue weighted by Gasteiger charge is -2.05. The summed E-state index contributed by atoms with van der Waals surface area (Å²) in [4.78, 5) is 0. The molecule has 3 heteroatoms. The Hall–Kier alpha value is -0.240. The van der Waals surface area contributed by atoms with Gasteiger partial charge in [-0.05, 0) is 5.56 Å². The summed E-state index contributed by atoms with van der Waals surface area (Å²) in [6, 6.07) is 9.84. The minimum absolute atomic E-state index is 0.0135. The second-order valence-electron chi connectivity index (χ2n) is 4.04. The van der Waals surface area contributed by atoms with Crippen molar-refractivity contribution in [3.8, 4) is 0 Å². The molecule has 0 unspecified atom stereocenters.